The maximum atomic E-state index is 2.01. The normalized spacial score (nSPS) is 142. The average Bonchev–Trinajstić information content (AvgIpc) is 0.640. The van der Waals surface area contributed by atoms with Gasteiger partial charge in [0.2, 0.25) is 0 Å². The second kappa shape index (κ2) is 3.59. The lowest BCUT2D eigenvalue weighted by molar-refractivity contribution is -1.16. The van der Waals surface area contributed by atoms with Crippen molar-refractivity contribution in [2.45, 2.75) is 25.7 Å². The van der Waals surface area contributed by atoms with Crippen LogP contribution in [0, 0.1) is 374 Å². The zero-order chi connectivity index (χ0) is 38.5. The fourth-order valence-corrected chi connectivity index (χ4v) is 77.5. The van der Waals surface area contributed by atoms with Gasteiger partial charge in [0.1, 0.15) is 0 Å². The minimum Gasteiger partial charge on any atom is -0.0461 e. The van der Waals surface area contributed by atoms with Crippen molar-refractivity contribution in [1.29, 1.82) is 0 Å². The third-order valence-corrected chi connectivity index (χ3v) is 60.9. The van der Waals surface area contributed by atoms with Crippen molar-refractivity contribution in [3.05, 3.63) is 0 Å². The summed E-state index contributed by atoms with van der Waals surface area (Å²) in [6, 6.07) is 0. The monoisotopic (exact) mass is 882 g/mol. The summed E-state index contributed by atoms with van der Waals surface area (Å²) in [6.45, 7) is 0. The molecular weight excluding hydrogens is 841 g/mol. The first kappa shape index (κ1) is 23.5. The van der Waals surface area contributed by atoms with Gasteiger partial charge in [0.15, 0.2) is 0 Å². The van der Waals surface area contributed by atoms with Gasteiger partial charge in [0, 0.05) is 0 Å². The van der Waals surface area contributed by atoms with Crippen LogP contribution in [-0.2, 0) is 0 Å². The molecule has 70 heavy (non-hydrogen) atoms. The summed E-state index contributed by atoms with van der Waals surface area (Å²) in [7, 11) is 0. The fraction of sp³-hybridized carbons (Fsp3) is 1.00. The first-order chi connectivity index (χ1) is 34.8. The first-order valence-corrected chi connectivity index (χ1v) is 34.8. The summed E-state index contributed by atoms with van der Waals surface area (Å²) < 4.78 is 0. The van der Waals surface area contributed by atoms with E-state index in [1.165, 1.54) is 201 Å². The van der Waals surface area contributed by atoms with Crippen molar-refractivity contribution < 1.29 is 0 Å². The maximum absolute atomic E-state index is 2.01. The Bertz CT molecular complexity index is 4900. The topological polar surface area (TPSA) is 0 Å². The maximum Gasteiger partial charge on any atom is -0.00189 e. The molecule has 0 nitrogen and oxygen atoms in total. The predicted octanol–water partition coefficient (Wildman–Crippen LogP) is 5.74. The van der Waals surface area contributed by atoms with Crippen LogP contribution in [0.3, 0.4) is 0 Å². The Hall–Kier alpha value is 0. The number of rotatable bonds is 0. The lowest BCUT2D eigenvalue weighted by Crippen LogP contribution is -3.59. The van der Waals surface area contributed by atoms with E-state index in [4.69, 9.17) is 0 Å². The molecule has 66 unspecified atom stereocenters. The molecule has 50 aliphatic carbocycles. The molecular formula is C70H42. The highest BCUT2D eigenvalue weighted by Gasteiger charge is 3.65. The molecule has 50 rings (SSSR count). The van der Waals surface area contributed by atoms with Gasteiger partial charge in [-0.25, -0.2) is 0 Å². The Balaban J connectivity index is 0.735. The predicted molar refractivity (Wildman–Crippen MR) is 215 cm³/mol. The smallest absolute Gasteiger partial charge is 0.00189 e. The molecule has 0 heteroatoms. The number of fused-ring (bicyclic) bond motifs is 20. The van der Waals surface area contributed by atoms with Crippen LogP contribution in [0.15, 0.2) is 0 Å². The Morgan fingerprint density at radius 2 is 0.571 bits per heavy atom. The fourth-order valence-electron chi connectivity index (χ4n) is 77.5. The third-order valence-electron chi connectivity index (χ3n) is 60.9. The van der Waals surface area contributed by atoms with Gasteiger partial charge in [0.25, 0.3) is 0 Å². The van der Waals surface area contributed by atoms with E-state index < -0.39 is 0 Å². The highest BCUT2D eigenvalue weighted by atomic mass is 15.7. The molecule has 0 aromatic rings. The van der Waals surface area contributed by atoms with Gasteiger partial charge in [-0.15, -0.1) is 0 Å². The van der Waals surface area contributed by atoms with E-state index in [9.17, 15) is 0 Å². The van der Waals surface area contributed by atoms with Crippen LogP contribution >= 0.6 is 0 Å². The van der Waals surface area contributed by atoms with E-state index in [0.717, 1.165) is 173 Å². The molecule has 0 saturated heterocycles. The molecule has 0 heterocycles. The van der Waals surface area contributed by atoms with Crippen LogP contribution in [0.1, 0.15) is 25.7 Å². The van der Waals surface area contributed by atoms with Crippen molar-refractivity contribution in [3.8, 4) is 0 Å². The summed E-state index contributed by atoms with van der Waals surface area (Å²) in [5.41, 5.74) is 35.3. The van der Waals surface area contributed by atoms with Crippen LogP contribution in [-0.4, -0.2) is 0 Å². The SMILES string of the molecule is C1C2C3C4C5CC6C7C8CC9C%10C%11C%12C%13C%14C%15C%16C%17C%18C%19C%20C%21C%22CC%23C%24C1C21C2C%25C%26C3%27C3C%28C%29C4%30C4C%31C%32C5%33C6C75C89C%106C%117C%128C%31(C%327C%3356)C45C%138C%144C%156C%167C%178C%189C%19%10C%20%11C%21%12C%23%22C%241C2%12C%25%11C%26%10C%279C38C%287C%296C%3054. The number of hydrogen-bond acceptors (Lipinski definition) is 0. The van der Waals surface area contributed by atoms with Gasteiger partial charge in [-0.3, -0.25) is 0 Å². The molecule has 0 aromatic heterocycles. The van der Waals surface area contributed by atoms with Crippen LogP contribution in [0.25, 0.3) is 0 Å². The van der Waals surface area contributed by atoms with E-state index in [1.54, 1.807) is 0 Å². The van der Waals surface area contributed by atoms with Crippen molar-refractivity contribution in [3.63, 3.8) is 0 Å². The van der Waals surface area contributed by atoms with Gasteiger partial charge < -0.3 is 0 Å². The Labute approximate surface area is 398 Å². The average molecular weight is 883 g/mol. The molecule has 50 saturated carbocycles. The van der Waals surface area contributed by atoms with E-state index in [0.29, 0.717) is 0 Å². The molecule has 0 radical (unpaired) electrons. The van der Waals surface area contributed by atoms with Crippen LogP contribution in [0.5, 0.6) is 0 Å². The largest absolute Gasteiger partial charge is 0.0461 e. The second-order valence-corrected chi connectivity index (χ2v) is 45.6. The molecule has 0 aliphatic heterocycles. The number of hydrogen-bond donors (Lipinski definition) is 0. The zero-order valence-corrected chi connectivity index (χ0v) is 38.5. The van der Waals surface area contributed by atoms with Crippen molar-refractivity contribution in [2.24, 2.45) is 374 Å². The van der Waals surface area contributed by atoms with Gasteiger partial charge in [-0.1, -0.05) is 0 Å². The van der Waals surface area contributed by atoms with E-state index in [2.05, 4.69) is 0 Å². The molecule has 0 N–H and O–H groups in total. The molecule has 66 atom stereocenters. The van der Waals surface area contributed by atoms with Crippen molar-refractivity contribution in [1.82, 2.24) is 0 Å². The van der Waals surface area contributed by atoms with Gasteiger partial charge in [0.05, 0.1) is 0 Å². The van der Waals surface area contributed by atoms with Crippen LogP contribution in [0.2, 0.25) is 0 Å². The van der Waals surface area contributed by atoms with E-state index in [-0.39, 0.29) is 0 Å². The zero-order valence-electron chi connectivity index (χ0n) is 38.5. The van der Waals surface area contributed by atoms with Crippen LogP contribution < -0.4 is 0 Å². The lowest BCUT2D eigenvalue weighted by Gasteiger charge is -3.60. The molecule has 50 aliphatic rings. The van der Waals surface area contributed by atoms with E-state index >= 15 is 0 Å². The molecule has 0 bridgehead atoms. The molecule has 0 amide bonds. The first-order valence-electron chi connectivity index (χ1n) is 34.8. The Morgan fingerprint density at radius 3 is 1.21 bits per heavy atom. The minimum absolute atomic E-state index is 1.05. The lowest BCUT2D eigenvalue weighted by atomic mass is 8.42. The van der Waals surface area contributed by atoms with E-state index in [1.807, 2.05) is 25.7 Å². The third kappa shape index (κ3) is 0.528. The van der Waals surface area contributed by atoms with Gasteiger partial charge in [-0.2, -0.15) is 0 Å². The van der Waals surface area contributed by atoms with Crippen LogP contribution in [0.4, 0.5) is 0 Å². The highest BCUT2D eigenvalue weighted by Crippen LogP contribution is 3.66. The van der Waals surface area contributed by atoms with Crippen molar-refractivity contribution >= 4 is 0 Å². The van der Waals surface area contributed by atoms with Gasteiger partial charge in [-0.05, 0) is 400 Å². The molecule has 0 aromatic carbocycles. The summed E-state index contributed by atoms with van der Waals surface area (Å²) in [4.78, 5) is 0. The highest BCUT2D eigenvalue weighted by molar-refractivity contribution is 6.09. The van der Waals surface area contributed by atoms with Gasteiger partial charge >= 0.3 is 0 Å². The molecule has 50 fully saturated rings. The summed E-state index contributed by atoms with van der Waals surface area (Å²) in [5.74, 6) is 48.3. The minimum atomic E-state index is 1.05. The quantitative estimate of drug-likeness (QED) is 0.292. The Morgan fingerprint density at radius 1 is 0.171 bits per heavy atom. The second-order valence-electron chi connectivity index (χ2n) is 45.6. The van der Waals surface area contributed by atoms with Crippen molar-refractivity contribution in [2.75, 3.05) is 0 Å². The summed E-state index contributed by atoms with van der Waals surface area (Å²) in [5, 5.41) is 0. The molecule has 322 valence electrons. The Kier molecular flexibility index (Phi) is 1.21. The summed E-state index contributed by atoms with van der Waals surface area (Å²) >= 11 is 0. The molecule has 32 spiro atoms. The standard InChI is InChI=1S/C70H42/c1-5-13-9-3-11-18-20-21-24-28-26-23-25-27-22-19-17-12-4-10-14-7-2-8-16-15-6(1)40-32(5)45(13)43(9,11)48(18)50(20)51(21)54(24)61(28)56(26)52(23)55(25)60(27)53(22)49(19)47(17)44(10,12)46(14)39(7,8)33-29-35-42(16)38-31-37-41(15)36-30-34(40)63(50,68(40,45)48)58(30,51)65(36,54)70(41,61)67(37,56)59(31,52)66(38,55)69(42,60)64(35,53)57(29,49)62(33,46)47/h5-38H,1-4H2. The summed E-state index contributed by atoms with van der Waals surface area (Å²) in [6.07, 6.45) is 7.72.